The van der Waals surface area contributed by atoms with Crippen molar-refractivity contribution in [3.8, 4) is 5.75 Å². The molecule has 5 rings (SSSR count). The quantitative estimate of drug-likeness (QED) is 0.249. The molecule has 2 heterocycles. The van der Waals surface area contributed by atoms with Crippen molar-refractivity contribution in [1.82, 2.24) is 9.88 Å². The van der Waals surface area contributed by atoms with Gasteiger partial charge in [-0.25, -0.2) is 4.98 Å². The summed E-state index contributed by atoms with van der Waals surface area (Å²) < 4.78 is 12.5. The number of fused-ring (bicyclic) bond motifs is 2. The Kier molecular flexibility index (Phi) is 9.29. The van der Waals surface area contributed by atoms with Gasteiger partial charge < -0.3 is 14.4 Å². The van der Waals surface area contributed by atoms with Crippen molar-refractivity contribution in [1.29, 1.82) is 0 Å². The molecule has 0 amide bonds. The molecule has 5 nitrogen and oxygen atoms in total. The molecular formula is C33H42N2O3. The van der Waals surface area contributed by atoms with E-state index in [4.69, 9.17) is 14.5 Å². The van der Waals surface area contributed by atoms with Crippen LogP contribution in [0, 0.1) is 5.92 Å². The molecule has 3 aromatic rings. The van der Waals surface area contributed by atoms with Crippen molar-refractivity contribution >= 4 is 16.9 Å². The maximum Gasteiger partial charge on any atom is 0.306 e. The van der Waals surface area contributed by atoms with E-state index in [9.17, 15) is 4.79 Å². The lowest BCUT2D eigenvalue weighted by Gasteiger charge is -2.34. The third-order valence-corrected chi connectivity index (χ3v) is 8.17. The molecule has 2 atom stereocenters. The summed E-state index contributed by atoms with van der Waals surface area (Å²) in [6.07, 6.45) is 10.6. The van der Waals surface area contributed by atoms with Crippen LogP contribution in [0.1, 0.15) is 87.6 Å². The Bertz CT molecular complexity index is 1200. The smallest absolute Gasteiger partial charge is 0.306 e. The average molecular weight is 515 g/mol. The Balaban J connectivity index is 1.25. The number of aromatic nitrogens is 1. The van der Waals surface area contributed by atoms with E-state index in [1.54, 1.807) is 0 Å². The van der Waals surface area contributed by atoms with Gasteiger partial charge in [-0.1, -0.05) is 56.5 Å². The van der Waals surface area contributed by atoms with E-state index in [1.165, 1.54) is 37.9 Å². The second kappa shape index (κ2) is 13.2. The predicted octanol–water partition coefficient (Wildman–Crippen LogP) is 7.42. The molecule has 0 saturated carbocycles. The third kappa shape index (κ3) is 6.93. The standard InChI is InChI=1S/C33H42N2O3/c1-2-3-10-27-15-14-25-17-19-29(37-24-28-18-16-26-11-5-6-12-31(26)34-28)23-30(25)33(27)38-32(36)13-9-22-35-20-7-4-8-21-35/h5-6,11-12,16-19,23,27,33H,2-4,7-10,13-15,20-22,24H2,1H3. The maximum atomic E-state index is 13.0. The minimum Gasteiger partial charge on any atom is -0.487 e. The summed E-state index contributed by atoms with van der Waals surface area (Å²) in [5.74, 6) is 1.11. The Hall–Kier alpha value is -2.92. The summed E-state index contributed by atoms with van der Waals surface area (Å²) >= 11 is 0. The predicted molar refractivity (Wildman–Crippen MR) is 152 cm³/mol. The van der Waals surface area contributed by atoms with Gasteiger partial charge in [0, 0.05) is 17.7 Å². The first-order valence-corrected chi connectivity index (χ1v) is 14.7. The van der Waals surface area contributed by atoms with Gasteiger partial charge in [-0.05, 0) is 93.6 Å². The van der Waals surface area contributed by atoms with Gasteiger partial charge in [0.25, 0.3) is 0 Å². The van der Waals surface area contributed by atoms with Crippen molar-refractivity contribution in [2.75, 3.05) is 19.6 Å². The average Bonchev–Trinajstić information content (AvgIpc) is 2.96. The van der Waals surface area contributed by atoms with Gasteiger partial charge in [-0.2, -0.15) is 0 Å². The third-order valence-electron chi connectivity index (χ3n) is 8.17. The number of ether oxygens (including phenoxy) is 2. The second-order valence-corrected chi connectivity index (χ2v) is 11.0. The van der Waals surface area contributed by atoms with Crippen LogP contribution in [0.5, 0.6) is 5.75 Å². The normalized spacial score (nSPS) is 19.7. The summed E-state index contributed by atoms with van der Waals surface area (Å²) in [6, 6.07) is 18.6. The number of piperidine rings is 1. The fourth-order valence-electron chi connectivity index (χ4n) is 6.00. The first-order valence-electron chi connectivity index (χ1n) is 14.7. The summed E-state index contributed by atoms with van der Waals surface area (Å²) in [5.41, 5.74) is 4.29. The number of esters is 1. The van der Waals surface area contributed by atoms with Gasteiger partial charge in [0.15, 0.2) is 0 Å². The first kappa shape index (κ1) is 26.7. The lowest BCUT2D eigenvalue weighted by molar-refractivity contribution is -0.153. The maximum absolute atomic E-state index is 13.0. The molecule has 0 radical (unpaired) electrons. The molecule has 2 aromatic carbocycles. The van der Waals surface area contributed by atoms with Crippen molar-refractivity contribution in [3.05, 3.63) is 71.4 Å². The van der Waals surface area contributed by atoms with Gasteiger partial charge in [0.05, 0.1) is 11.2 Å². The zero-order valence-corrected chi connectivity index (χ0v) is 22.9. The van der Waals surface area contributed by atoms with E-state index in [2.05, 4.69) is 36.1 Å². The second-order valence-electron chi connectivity index (χ2n) is 11.0. The summed E-state index contributed by atoms with van der Waals surface area (Å²) in [6.45, 7) is 5.97. The molecule has 1 saturated heterocycles. The number of nitrogens with zero attached hydrogens (tertiary/aromatic N) is 2. The number of likely N-dealkylation sites (tertiary alicyclic amines) is 1. The van der Waals surface area contributed by atoms with E-state index in [0.29, 0.717) is 18.9 Å². The molecule has 1 aromatic heterocycles. The number of hydrogen-bond acceptors (Lipinski definition) is 5. The molecule has 38 heavy (non-hydrogen) atoms. The van der Waals surface area contributed by atoms with Crippen molar-refractivity contribution < 1.29 is 14.3 Å². The number of pyridine rings is 1. The van der Waals surface area contributed by atoms with Crippen LogP contribution in [0.15, 0.2) is 54.6 Å². The molecule has 5 heteroatoms. The highest BCUT2D eigenvalue weighted by Gasteiger charge is 2.32. The Morgan fingerprint density at radius 3 is 2.76 bits per heavy atom. The van der Waals surface area contributed by atoms with Crippen LogP contribution in [-0.4, -0.2) is 35.5 Å². The largest absolute Gasteiger partial charge is 0.487 e. The first-order chi connectivity index (χ1) is 18.7. The van der Waals surface area contributed by atoms with Gasteiger partial charge in [0.1, 0.15) is 18.5 Å². The molecule has 1 fully saturated rings. The number of para-hydroxylation sites is 1. The summed E-state index contributed by atoms with van der Waals surface area (Å²) in [5, 5.41) is 1.13. The molecule has 2 unspecified atom stereocenters. The van der Waals surface area contributed by atoms with E-state index in [1.807, 2.05) is 30.3 Å². The SMILES string of the molecule is CCCCC1CCc2ccc(OCc3ccc4ccccc4n3)cc2C1OC(=O)CCCN1CCCCC1. The Labute approximate surface area is 227 Å². The van der Waals surface area contributed by atoms with Crippen molar-refractivity contribution in [3.63, 3.8) is 0 Å². The topological polar surface area (TPSA) is 51.7 Å². The van der Waals surface area contributed by atoms with Gasteiger partial charge in [-0.15, -0.1) is 0 Å². The van der Waals surface area contributed by atoms with Gasteiger partial charge in [0.2, 0.25) is 0 Å². The number of hydrogen-bond donors (Lipinski definition) is 0. The molecule has 1 aliphatic carbocycles. The zero-order chi connectivity index (χ0) is 26.2. The molecule has 0 spiro atoms. The fraction of sp³-hybridized carbons (Fsp3) is 0.515. The van der Waals surface area contributed by atoms with Crippen molar-refractivity contribution in [2.45, 2.75) is 83.8 Å². The molecule has 0 N–H and O–H groups in total. The van der Waals surface area contributed by atoms with E-state index in [0.717, 1.165) is 73.0 Å². The summed E-state index contributed by atoms with van der Waals surface area (Å²) in [4.78, 5) is 20.2. The van der Waals surface area contributed by atoms with Crippen LogP contribution in [-0.2, 0) is 22.6 Å². The minimum atomic E-state index is -0.185. The number of benzene rings is 2. The number of aryl methyl sites for hydroxylation is 1. The molecular weight excluding hydrogens is 472 g/mol. The Morgan fingerprint density at radius 2 is 1.89 bits per heavy atom. The van der Waals surface area contributed by atoms with Crippen LogP contribution in [0.25, 0.3) is 10.9 Å². The van der Waals surface area contributed by atoms with Gasteiger partial charge >= 0.3 is 5.97 Å². The van der Waals surface area contributed by atoms with Crippen molar-refractivity contribution in [2.24, 2.45) is 5.92 Å². The highest BCUT2D eigenvalue weighted by Crippen LogP contribution is 2.41. The van der Waals surface area contributed by atoms with Crippen LogP contribution in [0.4, 0.5) is 0 Å². The van der Waals surface area contributed by atoms with E-state index >= 15 is 0 Å². The van der Waals surface area contributed by atoms with Gasteiger partial charge in [-0.3, -0.25) is 4.79 Å². The lowest BCUT2D eigenvalue weighted by Crippen LogP contribution is -2.31. The number of carbonyl (C=O) groups is 1. The highest BCUT2D eigenvalue weighted by atomic mass is 16.5. The number of rotatable bonds is 11. The highest BCUT2D eigenvalue weighted by molar-refractivity contribution is 5.78. The van der Waals surface area contributed by atoms with E-state index in [-0.39, 0.29) is 12.1 Å². The molecule has 2 aliphatic rings. The van der Waals surface area contributed by atoms with Crippen LogP contribution in [0.3, 0.4) is 0 Å². The molecule has 0 bridgehead atoms. The fourth-order valence-corrected chi connectivity index (χ4v) is 6.00. The monoisotopic (exact) mass is 514 g/mol. The van der Waals surface area contributed by atoms with Crippen LogP contribution >= 0.6 is 0 Å². The molecule has 202 valence electrons. The Morgan fingerprint density at radius 1 is 1.03 bits per heavy atom. The minimum absolute atomic E-state index is 0.0620. The zero-order valence-electron chi connectivity index (χ0n) is 22.9. The lowest BCUT2D eigenvalue weighted by atomic mass is 9.79. The number of carbonyl (C=O) groups excluding carboxylic acids is 1. The summed E-state index contributed by atoms with van der Waals surface area (Å²) in [7, 11) is 0. The van der Waals surface area contributed by atoms with Crippen LogP contribution < -0.4 is 4.74 Å². The van der Waals surface area contributed by atoms with Crippen LogP contribution in [0.2, 0.25) is 0 Å². The molecule has 1 aliphatic heterocycles. The number of unbranched alkanes of at least 4 members (excludes halogenated alkanes) is 1. The van der Waals surface area contributed by atoms with E-state index < -0.39 is 0 Å².